The normalized spacial score (nSPS) is 12.8. The molecule has 29 heteroatoms. The maximum Gasteiger partial charge on any atom is 0.299 e. The molecule has 2 heterocycles. The van der Waals surface area contributed by atoms with E-state index in [1.54, 1.807) is 0 Å². The number of halogens is 2. The number of azo groups is 1. The van der Waals surface area contributed by atoms with Gasteiger partial charge in [0.15, 0.2) is 16.0 Å². The van der Waals surface area contributed by atoms with Gasteiger partial charge in [0.25, 0.3) is 46.0 Å². The number of hydrogen-bond donors (Lipinski definition) is 6. The molecule has 0 fully saturated rings. The van der Waals surface area contributed by atoms with Gasteiger partial charge in [-0.3, -0.25) is 28.1 Å². The minimum atomic E-state index is -4.92. The molecule has 0 saturated heterocycles. The Hall–Kier alpha value is -3.22. The standard InChI is InChI=1S/C25H26Cl2N8O13S6/c1-13-21(22(36)35(34-13)18-11-16(27)20(12-15(18)26)54(46,47)48)33-32-17-10-14(4-5-19(17)53(43,44)45)28-23-29-24(49-6-2-8-51(37,38)39)31-25(30-23)50-7-3-9-52(40,41)42/h4-5,10-12,34H,2-3,6-9H2,1H3,(H,37,38,39)(H,40,41,42)(H,43,44,45)(H,46,47,48)(H,28,29,30,31). The van der Waals surface area contributed by atoms with E-state index < -0.39 is 78.0 Å². The Kier molecular flexibility index (Phi) is 13.9. The molecule has 0 aliphatic carbocycles. The molecule has 0 spiro atoms. The number of aromatic amines is 1. The second-order valence-corrected chi connectivity index (χ2v) is 19.5. The average Bonchev–Trinajstić information content (AvgIpc) is 3.31. The lowest BCUT2D eigenvalue weighted by atomic mass is 10.3. The van der Waals surface area contributed by atoms with Crippen LogP contribution in [0.15, 0.2) is 65.5 Å². The lowest BCUT2D eigenvalue weighted by Crippen LogP contribution is -2.15. The molecule has 4 aromatic rings. The summed E-state index contributed by atoms with van der Waals surface area (Å²) in [5, 5.41) is 12.6. The van der Waals surface area contributed by atoms with E-state index in [0.717, 1.165) is 52.5 Å². The zero-order valence-corrected chi connectivity index (χ0v) is 33.4. The van der Waals surface area contributed by atoms with Gasteiger partial charge in [0.05, 0.1) is 32.9 Å². The number of aryl methyl sites for hydroxylation is 1. The largest absolute Gasteiger partial charge is 0.324 e. The molecule has 0 unspecified atom stereocenters. The summed E-state index contributed by atoms with van der Waals surface area (Å²) in [6.45, 7) is 1.40. The summed E-state index contributed by atoms with van der Waals surface area (Å²) in [6, 6.07) is 5.09. The fourth-order valence-corrected chi connectivity index (χ4v) is 9.10. The van der Waals surface area contributed by atoms with Crippen LogP contribution in [-0.2, 0) is 40.5 Å². The molecular formula is C25H26Cl2N8O13S6. The highest BCUT2D eigenvalue weighted by Crippen LogP contribution is 2.33. The van der Waals surface area contributed by atoms with Gasteiger partial charge >= 0.3 is 0 Å². The predicted molar refractivity (Wildman–Crippen MR) is 198 cm³/mol. The lowest BCUT2D eigenvalue weighted by Gasteiger charge is -2.10. The number of nitrogens with one attached hydrogen (secondary N) is 2. The molecule has 0 bridgehead atoms. The summed E-state index contributed by atoms with van der Waals surface area (Å²) in [6.07, 6.45) is 0.0695. The summed E-state index contributed by atoms with van der Waals surface area (Å²) in [4.78, 5) is 24.6. The summed E-state index contributed by atoms with van der Waals surface area (Å²) in [7, 11) is -18.1. The Labute approximate surface area is 325 Å². The first-order valence-electron chi connectivity index (χ1n) is 14.4. The zero-order chi connectivity index (χ0) is 40.2. The highest BCUT2D eigenvalue weighted by atomic mass is 35.5. The van der Waals surface area contributed by atoms with E-state index >= 15 is 0 Å². The van der Waals surface area contributed by atoms with Crippen LogP contribution < -0.4 is 10.9 Å². The third-order valence-electron chi connectivity index (χ3n) is 6.46. The molecular weight excluding hydrogens is 884 g/mol. The summed E-state index contributed by atoms with van der Waals surface area (Å²) >= 11 is 14.2. The highest BCUT2D eigenvalue weighted by Gasteiger charge is 2.22. The maximum absolute atomic E-state index is 13.3. The Morgan fingerprint density at radius 2 is 1.33 bits per heavy atom. The smallest absolute Gasteiger partial charge is 0.299 e. The number of nitrogens with zero attached hydrogens (tertiary/aromatic N) is 6. The number of H-pyrrole nitrogens is 1. The van der Waals surface area contributed by atoms with Crippen LogP contribution in [0.5, 0.6) is 0 Å². The fourth-order valence-electron chi connectivity index (χ4n) is 4.17. The van der Waals surface area contributed by atoms with Gasteiger partial charge in [0.2, 0.25) is 5.95 Å². The Morgan fingerprint density at radius 1 is 0.778 bits per heavy atom. The minimum absolute atomic E-state index is 0.0348. The molecule has 0 atom stereocenters. The molecule has 0 amide bonds. The van der Waals surface area contributed by atoms with E-state index in [9.17, 15) is 47.6 Å². The van der Waals surface area contributed by atoms with Gasteiger partial charge in [-0.05, 0) is 50.1 Å². The van der Waals surface area contributed by atoms with Crippen molar-refractivity contribution in [3.05, 3.63) is 56.4 Å². The molecule has 2 aromatic carbocycles. The van der Waals surface area contributed by atoms with Gasteiger partial charge < -0.3 is 5.32 Å². The summed E-state index contributed by atoms with van der Waals surface area (Å²) in [5.41, 5.74) is -1.73. The second-order valence-electron chi connectivity index (χ2n) is 10.6. The monoisotopic (exact) mass is 908 g/mol. The van der Waals surface area contributed by atoms with E-state index in [1.165, 1.54) is 13.0 Å². The van der Waals surface area contributed by atoms with Crippen molar-refractivity contribution in [3.63, 3.8) is 0 Å². The van der Waals surface area contributed by atoms with Crippen LogP contribution in [0.2, 0.25) is 10.0 Å². The van der Waals surface area contributed by atoms with Gasteiger partial charge in [-0.2, -0.15) is 48.6 Å². The molecule has 21 nitrogen and oxygen atoms in total. The average molecular weight is 910 g/mol. The molecule has 0 saturated carbocycles. The molecule has 54 heavy (non-hydrogen) atoms. The number of aromatic nitrogens is 5. The Morgan fingerprint density at radius 3 is 1.85 bits per heavy atom. The second kappa shape index (κ2) is 17.3. The lowest BCUT2D eigenvalue weighted by molar-refractivity contribution is 0.480. The number of rotatable bonds is 17. The summed E-state index contributed by atoms with van der Waals surface area (Å²) in [5.74, 6) is -0.861. The van der Waals surface area contributed by atoms with Crippen LogP contribution >= 0.6 is 46.7 Å². The first-order valence-corrected chi connectivity index (χ1v) is 23.2. The molecule has 2 aromatic heterocycles. The van der Waals surface area contributed by atoms with E-state index in [2.05, 4.69) is 35.6 Å². The first kappa shape index (κ1) is 43.5. The van der Waals surface area contributed by atoms with Crippen molar-refractivity contribution in [2.75, 3.05) is 28.3 Å². The van der Waals surface area contributed by atoms with Gasteiger partial charge in [-0.15, -0.1) is 10.2 Å². The van der Waals surface area contributed by atoms with Crippen molar-refractivity contribution in [2.45, 2.75) is 39.9 Å². The molecule has 0 aliphatic rings. The number of anilines is 2. The highest BCUT2D eigenvalue weighted by molar-refractivity contribution is 7.99. The van der Waals surface area contributed by atoms with Gasteiger partial charge in [-0.25, -0.2) is 4.68 Å². The van der Waals surface area contributed by atoms with Crippen molar-refractivity contribution < 1.29 is 51.9 Å². The first-order chi connectivity index (χ1) is 24.9. The Bertz CT molecular complexity index is 2560. The van der Waals surface area contributed by atoms with E-state index in [0.29, 0.717) is 0 Å². The van der Waals surface area contributed by atoms with Crippen LogP contribution in [0, 0.1) is 6.92 Å². The Balaban J connectivity index is 1.68. The number of benzene rings is 2. The van der Waals surface area contributed by atoms with Crippen molar-refractivity contribution in [2.24, 2.45) is 10.2 Å². The molecule has 6 N–H and O–H groups in total. The van der Waals surface area contributed by atoms with Crippen LogP contribution in [0.25, 0.3) is 5.69 Å². The number of hydrogen-bond acceptors (Lipinski definition) is 17. The van der Waals surface area contributed by atoms with Crippen molar-refractivity contribution >= 4 is 110 Å². The van der Waals surface area contributed by atoms with Crippen LogP contribution in [0.1, 0.15) is 18.5 Å². The molecule has 294 valence electrons. The minimum Gasteiger partial charge on any atom is -0.324 e. The molecule has 4 rings (SSSR count). The maximum atomic E-state index is 13.3. The van der Waals surface area contributed by atoms with Crippen LogP contribution in [-0.4, -0.2) is 99.6 Å². The van der Waals surface area contributed by atoms with E-state index in [4.69, 9.17) is 32.3 Å². The van der Waals surface area contributed by atoms with Crippen molar-refractivity contribution in [3.8, 4) is 5.69 Å². The fraction of sp³-hybridized carbons (Fsp3) is 0.280. The number of thioether (sulfide) groups is 2. The molecule has 0 radical (unpaired) electrons. The SMILES string of the molecule is Cc1[nH]n(-c2cc(Cl)c(S(=O)(=O)O)cc2Cl)c(=O)c1N=Nc1cc(Nc2nc(SCCCS(=O)(=O)O)nc(SCCCS(=O)(=O)O)n2)ccc1S(=O)(=O)O. The molecule has 0 aliphatic heterocycles. The zero-order valence-electron chi connectivity index (χ0n) is 27.0. The van der Waals surface area contributed by atoms with E-state index in [-0.39, 0.29) is 68.4 Å². The predicted octanol–water partition coefficient (Wildman–Crippen LogP) is 4.36. The third kappa shape index (κ3) is 12.4. The van der Waals surface area contributed by atoms with Crippen LogP contribution in [0.4, 0.5) is 23.0 Å². The van der Waals surface area contributed by atoms with Gasteiger partial charge in [0.1, 0.15) is 15.5 Å². The summed E-state index contributed by atoms with van der Waals surface area (Å²) < 4.78 is 130. The van der Waals surface area contributed by atoms with Crippen LogP contribution in [0.3, 0.4) is 0 Å². The van der Waals surface area contributed by atoms with Crippen molar-refractivity contribution in [1.29, 1.82) is 0 Å². The van der Waals surface area contributed by atoms with Gasteiger partial charge in [-0.1, -0.05) is 46.7 Å². The van der Waals surface area contributed by atoms with Gasteiger partial charge in [0, 0.05) is 17.2 Å². The van der Waals surface area contributed by atoms with Crippen molar-refractivity contribution in [1.82, 2.24) is 24.7 Å². The topological polar surface area (TPSA) is 331 Å². The third-order valence-corrected chi connectivity index (χ3v) is 12.5. The quantitative estimate of drug-likeness (QED) is 0.0371. The van der Waals surface area contributed by atoms with E-state index in [1.807, 2.05) is 0 Å².